The van der Waals surface area contributed by atoms with Gasteiger partial charge in [0.1, 0.15) is 6.04 Å². The number of tetrazole rings is 1. The minimum absolute atomic E-state index is 0.0408. The maximum atomic E-state index is 13.5. The minimum atomic E-state index is -0.918. The van der Waals surface area contributed by atoms with Gasteiger partial charge in [0.15, 0.2) is 5.82 Å². The third kappa shape index (κ3) is 11.6. The molecule has 0 bridgehead atoms. The van der Waals surface area contributed by atoms with E-state index in [4.69, 9.17) is 4.74 Å². The first-order chi connectivity index (χ1) is 23.5. The van der Waals surface area contributed by atoms with Crippen molar-refractivity contribution >= 4 is 17.8 Å². The predicted octanol–water partition coefficient (Wildman–Crippen LogP) is 4.71. The van der Waals surface area contributed by atoms with Gasteiger partial charge in [0.05, 0.1) is 19.8 Å². The fourth-order valence-corrected chi connectivity index (χ4v) is 5.08. The van der Waals surface area contributed by atoms with Crippen LogP contribution in [0.4, 0.5) is 0 Å². The van der Waals surface area contributed by atoms with Crippen molar-refractivity contribution < 1.29 is 39.0 Å². The molecule has 1 aromatic heterocycles. The van der Waals surface area contributed by atoms with Crippen molar-refractivity contribution in [3.63, 3.8) is 0 Å². The van der Waals surface area contributed by atoms with Crippen molar-refractivity contribution in [2.45, 2.75) is 78.3 Å². The fourth-order valence-electron chi connectivity index (χ4n) is 5.08. The molecule has 2 aromatic carbocycles. The molecule has 0 saturated carbocycles. The topological polar surface area (TPSA) is 212 Å². The zero-order valence-corrected chi connectivity index (χ0v) is 27.8. The van der Waals surface area contributed by atoms with Gasteiger partial charge >= 0.3 is 5.97 Å². The molecule has 0 N–H and O–H groups in total. The second-order valence-electron chi connectivity index (χ2n) is 11.5. The molecule has 17 heteroatoms. The minimum Gasteiger partial charge on any atom is -0.464 e. The number of unbranched alkanes of at least 4 members (excludes halogenated alkanes) is 2. The molecule has 17 nitrogen and oxygen atoms in total. The summed E-state index contributed by atoms with van der Waals surface area (Å²) in [5, 5.41) is 30.5. The van der Waals surface area contributed by atoms with E-state index >= 15 is 0 Å². The molecule has 1 unspecified atom stereocenters. The second kappa shape index (κ2) is 19.4. The number of hydrogen-bond donors (Lipinski definition) is 0. The van der Waals surface area contributed by atoms with E-state index in [-0.39, 0.29) is 63.3 Å². The van der Waals surface area contributed by atoms with E-state index in [1.165, 1.54) is 0 Å². The SMILES string of the molecule is CCCCC(=O)N(Cc1ccc(-c2ccccc2-c2nnnn2C(=O)CCCO[N+](=O)[O-])cc1)C(C(=O)OCCCCO[N+](=O)[O-])C(C)C. The Balaban J connectivity index is 1.80. The van der Waals surface area contributed by atoms with E-state index in [0.717, 1.165) is 27.8 Å². The lowest BCUT2D eigenvalue weighted by Crippen LogP contribution is -2.48. The van der Waals surface area contributed by atoms with Gasteiger partial charge in [0.2, 0.25) is 11.8 Å². The molecule has 0 aliphatic carbocycles. The highest BCUT2D eigenvalue weighted by molar-refractivity contribution is 5.87. The first-order valence-corrected chi connectivity index (χ1v) is 16.0. The van der Waals surface area contributed by atoms with Crippen molar-refractivity contribution in [1.29, 1.82) is 0 Å². The molecule has 0 radical (unpaired) electrons. The van der Waals surface area contributed by atoms with Crippen LogP contribution in [-0.4, -0.2) is 78.9 Å². The molecule has 1 atom stereocenters. The predicted molar refractivity (Wildman–Crippen MR) is 173 cm³/mol. The van der Waals surface area contributed by atoms with Crippen molar-refractivity contribution in [3.8, 4) is 22.5 Å². The molecule has 1 heterocycles. The average Bonchev–Trinajstić information content (AvgIpc) is 3.57. The van der Waals surface area contributed by atoms with Crippen LogP contribution in [0, 0.1) is 26.1 Å². The van der Waals surface area contributed by atoms with Crippen LogP contribution in [0.25, 0.3) is 22.5 Å². The highest BCUT2D eigenvalue weighted by atomic mass is 17.0. The smallest absolute Gasteiger partial charge is 0.329 e. The molecule has 3 rings (SSSR count). The molecular weight excluding hydrogens is 642 g/mol. The standard InChI is InChI=1S/C32H41N7O10/c1-4-5-13-28(40)36(30(23(2)3)32(42)47-19-8-9-20-48-38(43)44)22-24-15-17-25(18-16-24)26-11-6-7-12-27(26)31-33-34-35-37(31)29(41)14-10-21-49-39(45)46/h6-7,11-12,15-18,23,30H,4-5,8-10,13-14,19-22H2,1-3H3. The zero-order chi connectivity index (χ0) is 35.8. The zero-order valence-electron chi connectivity index (χ0n) is 27.8. The van der Waals surface area contributed by atoms with Crippen molar-refractivity contribution in [1.82, 2.24) is 25.1 Å². The Morgan fingerprint density at radius 3 is 2.12 bits per heavy atom. The van der Waals surface area contributed by atoms with Gasteiger partial charge in [0.25, 0.3) is 10.2 Å². The number of ether oxygens (including phenoxy) is 1. The van der Waals surface area contributed by atoms with Crippen LogP contribution in [0.1, 0.15) is 76.1 Å². The van der Waals surface area contributed by atoms with Crippen LogP contribution in [0.2, 0.25) is 0 Å². The van der Waals surface area contributed by atoms with Crippen LogP contribution in [0.3, 0.4) is 0 Å². The molecule has 49 heavy (non-hydrogen) atoms. The number of carbonyl (C=O) groups is 3. The maximum Gasteiger partial charge on any atom is 0.329 e. The molecule has 0 fully saturated rings. The number of carbonyl (C=O) groups excluding carboxylic acids is 3. The normalized spacial score (nSPS) is 11.5. The summed E-state index contributed by atoms with van der Waals surface area (Å²) in [6, 6.07) is 13.8. The van der Waals surface area contributed by atoms with Gasteiger partial charge in [-0.1, -0.05) is 75.7 Å². The number of amides is 1. The van der Waals surface area contributed by atoms with Gasteiger partial charge in [0, 0.05) is 24.9 Å². The lowest BCUT2D eigenvalue weighted by molar-refractivity contribution is -0.757. The third-order valence-corrected chi connectivity index (χ3v) is 7.48. The Labute approximate surface area is 282 Å². The van der Waals surface area contributed by atoms with E-state index in [9.17, 15) is 34.6 Å². The number of aromatic nitrogens is 4. The Hall–Kier alpha value is -5.48. The monoisotopic (exact) mass is 683 g/mol. The van der Waals surface area contributed by atoms with Gasteiger partial charge in [-0.25, -0.2) is 4.79 Å². The van der Waals surface area contributed by atoms with Gasteiger partial charge in [-0.2, -0.15) is 4.68 Å². The van der Waals surface area contributed by atoms with Crippen LogP contribution >= 0.6 is 0 Å². The highest BCUT2D eigenvalue weighted by Gasteiger charge is 2.33. The van der Waals surface area contributed by atoms with Crippen molar-refractivity contribution in [2.75, 3.05) is 19.8 Å². The average molecular weight is 684 g/mol. The van der Waals surface area contributed by atoms with Crippen LogP contribution in [-0.2, 0) is 30.5 Å². The van der Waals surface area contributed by atoms with Crippen LogP contribution in [0.5, 0.6) is 0 Å². The number of esters is 1. The molecule has 264 valence electrons. The van der Waals surface area contributed by atoms with E-state index < -0.39 is 28.1 Å². The number of hydrogen-bond acceptors (Lipinski definition) is 13. The van der Waals surface area contributed by atoms with E-state index in [1.54, 1.807) is 17.0 Å². The van der Waals surface area contributed by atoms with Crippen LogP contribution < -0.4 is 0 Å². The van der Waals surface area contributed by atoms with E-state index in [1.807, 2.05) is 57.2 Å². The summed E-state index contributed by atoms with van der Waals surface area (Å²) in [4.78, 5) is 70.4. The summed E-state index contributed by atoms with van der Waals surface area (Å²) in [5.74, 6) is -1.22. The number of nitrogens with zero attached hydrogens (tertiary/aromatic N) is 7. The Morgan fingerprint density at radius 2 is 1.49 bits per heavy atom. The van der Waals surface area contributed by atoms with E-state index in [2.05, 4.69) is 25.2 Å². The fraction of sp³-hybridized carbons (Fsp3) is 0.500. The molecule has 3 aromatic rings. The number of benzene rings is 2. The molecule has 0 aliphatic rings. The molecule has 0 aliphatic heterocycles. The summed E-state index contributed by atoms with van der Waals surface area (Å²) in [7, 11) is 0. The van der Waals surface area contributed by atoms with Gasteiger partial charge in [-0.3, -0.25) is 9.59 Å². The first-order valence-electron chi connectivity index (χ1n) is 16.0. The van der Waals surface area contributed by atoms with Crippen LogP contribution in [0.15, 0.2) is 48.5 Å². The summed E-state index contributed by atoms with van der Waals surface area (Å²) >= 11 is 0. The third-order valence-electron chi connectivity index (χ3n) is 7.48. The summed E-state index contributed by atoms with van der Waals surface area (Å²) in [6.07, 6.45) is 2.49. The molecule has 0 saturated heterocycles. The summed E-state index contributed by atoms with van der Waals surface area (Å²) in [5.41, 5.74) is 2.88. The number of rotatable bonds is 21. The Kier molecular flexibility index (Phi) is 15.0. The molecule has 0 spiro atoms. The second-order valence-corrected chi connectivity index (χ2v) is 11.5. The van der Waals surface area contributed by atoms with E-state index in [0.29, 0.717) is 24.8 Å². The molecular formula is C32H41N7O10. The maximum absolute atomic E-state index is 13.5. The van der Waals surface area contributed by atoms with Crippen molar-refractivity contribution in [2.24, 2.45) is 5.92 Å². The quantitative estimate of drug-likeness (QED) is 0.0490. The van der Waals surface area contributed by atoms with Gasteiger partial charge < -0.3 is 19.3 Å². The van der Waals surface area contributed by atoms with Gasteiger partial charge in [-0.05, 0) is 58.7 Å². The largest absolute Gasteiger partial charge is 0.464 e. The van der Waals surface area contributed by atoms with Crippen molar-refractivity contribution in [3.05, 3.63) is 74.3 Å². The summed E-state index contributed by atoms with van der Waals surface area (Å²) < 4.78 is 6.56. The van der Waals surface area contributed by atoms with Gasteiger partial charge in [-0.15, -0.1) is 25.3 Å². The Bertz CT molecular complexity index is 1560. The molecule has 1 amide bonds. The summed E-state index contributed by atoms with van der Waals surface area (Å²) in [6.45, 7) is 5.53. The highest BCUT2D eigenvalue weighted by Crippen LogP contribution is 2.31. The first kappa shape index (κ1) is 38.0. The Morgan fingerprint density at radius 1 is 0.857 bits per heavy atom. The lowest BCUT2D eigenvalue weighted by Gasteiger charge is -2.33. The lowest BCUT2D eigenvalue weighted by atomic mass is 9.97.